The maximum Gasteiger partial charge on any atom is 0.231 e. The van der Waals surface area contributed by atoms with Gasteiger partial charge in [-0.1, -0.05) is 12.1 Å². The van der Waals surface area contributed by atoms with Gasteiger partial charge in [0, 0.05) is 0 Å². The molecule has 19 heavy (non-hydrogen) atoms. The van der Waals surface area contributed by atoms with Crippen LogP contribution in [0.3, 0.4) is 0 Å². The summed E-state index contributed by atoms with van der Waals surface area (Å²) >= 11 is 0.827. The second kappa shape index (κ2) is 5.12. The molecule has 0 aliphatic carbocycles. The SMILES string of the molecule is CC(=O)C1=C(O)/C(=C/c2ccc(C#N)cc2)SC1=O. The van der Waals surface area contributed by atoms with Gasteiger partial charge in [-0.3, -0.25) is 9.59 Å². The average Bonchev–Trinajstić information content (AvgIpc) is 2.65. The van der Waals surface area contributed by atoms with Crippen molar-refractivity contribution < 1.29 is 14.7 Å². The normalized spacial score (nSPS) is 16.8. The Kier molecular flexibility index (Phi) is 3.54. The minimum atomic E-state index is -0.446. The Morgan fingerprint density at radius 3 is 2.47 bits per heavy atom. The van der Waals surface area contributed by atoms with Crippen LogP contribution in [0.1, 0.15) is 18.1 Å². The van der Waals surface area contributed by atoms with Crippen LogP contribution in [0, 0.1) is 11.3 Å². The number of rotatable bonds is 2. The van der Waals surface area contributed by atoms with Gasteiger partial charge < -0.3 is 5.11 Å². The number of Topliss-reactive ketones (excluding diaryl/α,β-unsaturated/α-hetero) is 1. The molecule has 1 N–H and O–H groups in total. The molecule has 1 heterocycles. The Morgan fingerprint density at radius 1 is 1.37 bits per heavy atom. The summed E-state index contributed by atoms with van der Waals surface area (Å²) < 4.78 is 0. The molecule has 5 heteroatoms. The highest BCUT2D eigenvalue weighted by atomic mass is 32.2. The summed E-state index contributed by atoms with van der Waals surface area (Å²) in [7, 11) is 0. The third-order valence-electron chi connectivity index (χ3n) is 2.57. The van der Waals surface area contributed by atoms with Crippen LogP contribution in [0.5, 0.6) is 0 Å². The zero-order valence-electron chi connectivity index (χ0n) is 10.0. The Balaban J connectivity index is 2.38. The minimum Gasteiger partial charge on any atom is -0.506 e. The number of hydrogen-bond acceptors (Lipinski definition) is 5. The lowest BCUT2D eigenvalue weighted by Gasteiger charge is -1.98. The third kappa shape index (κ3) is 2.59. The molecule has 0 saturated carbocycles. The number of nitriles is 1. The highest BCUT2D eigenvalue weighted by molar-refractivity contribution is 8.18. The molecule has 0 spiro atoms. The Bertz CT molecular complexity index is 663. The van der Waals surface area contributed by atoms with Crippen molar-refractivity contribution in [3.8, 4) is 6.07 Å². The van der Waals surface area contributed by atoms with Crippen molar-refractivity contribution in [1.29, 1.82) is 5.26 Å². The fourth-order valence-electron chi connectivity index (χ4n) is 1.63. The van der Waals surface area contributed by atoms with Crippen LogP contribution in [0.25, 0.3) is 6.08 Å². The van der Waals surface area contributed by atoms with Gasteiger partial charge in [0.1, 0.15) is 11.3 Å². The number of hydrogen-bond donors (Lipinski definition) is 1. The monoisotopic (exact) mass is 271 g/mol. The van der Waals surface area contributed by atoms with Gasteiger partial charge in [-0.05, 0) is 42.5 Å². The molecule has 0 bridgehead atoms. The van der Waals surface area contributed by atoms with Gasteiger partial charge in [0.05, 0.1) is 16.5 Å². The van der Waals surface area contributed by atoms with E-state index in [4.69, 9.17) is 5.26 Å². The molecule has 0 atom stereocenters. The van der Waals surface area contributed by atoms with Crippen molar-refractivity contribution in [2.24, 2.45) is 0 Å². The molecule has 94 valence electrons. The molecule has 0 radical (unpaired) electrons. The Morgan fingerprint density at radius 2 is 2.00 bits per heavy atom. The number of nitrogens with zero attached hydrogens (tertiary/aromatic N) is 1. The molecule has 0 aromatic heterocycles. The summed E-state index contributed by atoms with van der Waals surface area (Å²) in [4.78, 5) is 23.1. The number of thioether (sulfide) groups is 1. The average molecular weight is 271 g/mol. The smallest absolute Gasteiger partial charge is 0.231 e. The molecule has 1 aliphatic heterocycles. The minimum absolute atomic E-state index is 0.162. The molecule has 1 aliphatic rings. The van der Waals surface area contributed by atoms with E-state index >= 15 is 0 Å². The second-order valence-electron chi connectivity index (χ2n) is 3.91. The van der Waals surface area contributed by atoms with E-state index in [-0.39, 0.29) is 11.3 Å². The molecule has 0 fully saturated rings. The lowest BCUT2D eigenvalue weighted by Crippen LogP contribution is -2.03. The van der Waals surface area contributed by atoms with Crippen molar-refractivity contribution in [2.45, 2.75) is 6.92 Å². The van der Waals surface area contributed by atoms with Gasteiger partial charge in [-0.2, -0.15) is 5.26 Å². The number of ketones is 1. The largest absolute Gasteiger partial charge is 0.506 e. The number of carbonyl (C=O) groups is 2. The van der Waals surface area contributed by atoms with Crippen LogP contribution in [0.15, 0.2) is 40.5 Å². The van der Waals surface area contributed by atoms with Crippen LogP contribution >= 0.6 is 11.8 Å². The lowest BCUT2D eigenvalue weighted by atomic mass is 10.1. The van der Waals surface area contributed by atoms with Crippen LogP contribution in [-0.4, -0.2) is 16.0 Å². The van der Waals surface area contributed by atoms with Gasteiger partial charge in [0.2, 0.25) is 5.12 Å². The summed E-state index contributed by atoms with van der Waals surface area (Å²) in [5.74, 6) is -0.718. The van der Waals surface area contributed by atoms with E-state index in [1.807, 2.05) is 6.07 Å². The summed E-state index contributed by atoms with van der Waals surface area (Å²) in [6.45, 7) is 1.24. The Labute approximate surface area is 114 Å². The first-order valence-corrected chi connectivity index (χ1v) is 6.23. The first-order chi connectivity index (χ1) is 9.02. The maximum absolute atomic E-state index is 11.6. The first kappa shape index (κ1) is 13.1. The van der Waals surface area contributed by atoms with E-state index < -0.39 is 10.9 Å². The van der Waals surface area contributed by atoms with E-state index in [0.717, 1.165) is 17.3 Å². The standard InChI is InChI=1S/C14H9NO3S/c1-8(16)12-13(17)11(19-14(12)18)6-9-2-4-10(7-15)5-3-9/h2-6,17H,1H3/b11-6-. The zero-order chi connectivity index (χ0) is 14.0. The molecule has 0 unspecified atom stereocenters. The van der Waals surface area contributed by atoms with E-state index in [1.165, 1.54) is 6.92 Å². The molecule has 4 nitrogen and oxygen atoms in total. The van der Waals surface area contributed by atoms with Crippen LogP contribution in [0.2, 0.25) is 0 Å². The highest BCUT2D eigenvalue weighted by Gasteiger charge is 2.31. The fraction of sp³-hybridized carbons (Fsp3) is 0.0714. The van der Waals surface area contributed by atoms with Gasteiger partial charge in [-0.15, -0.1) is 0 Å². The Hall–Kier alpha value is -2.32. The van der Waals surface area contributed by atoms with Gasteiger partial charge >= 0.3 is 0 Å². The first-order valence-electron chi connectivity index (χ1n) is 5.41. The van der Waals surface area contributed by atoms with Crippen LogP contribution < -0.4 is 0 Å². The number of benzene rings is 1. The van der Waals surface area contributed by atoms with Gasteiger partial charge in [0.25, 0.3) is 0 Å². The summed E-state index contributed by atoms with van der Waals surface area (Å²) in [6, 6.07) is 8.69. The molecule has 1 aromatic rings. The summed E-state index contributed by atoms with van der Waals surface area (Å²) in [6.07, 6.45) is 1.61. The van der Waals surface area contributed by atoms with Gasteiger partial charge in [-0.25, -0.2) is 0 Å². The molecular formula is C14H9NO3S. The van der Waals surface area contributed by atoms with Crippen molar-refractivity contribution in [1.82, 2.24) is 0 Å². The third-order valence-corrected chi connectivity index (χ3v) is 3.49. The van der Waals surface area contributed by atoms with Crippen molar-refractivity contribution in [3.05, 3.63) is 51.6 Å². The second-order valence-corrected chi connectivity index (χ2v) is 4.93. The maximum atomic E-state index is 11.6. The van der Waals surface area contributed by atoms with E-state index in [2.05, 4.69) is 0 Å². The van der Waals surface area contributed by atoms with E-state index in [0.29, 0.717) is 10.5 Å². The van der Waals surface area contributed by atoms with Gasteiger partial charge in [0.15, 0.2) is 5.78 Å². The van der Waals surface area contributed by atoms with E-state index in [1.54, 1.807) is 30.3 Å². The van der Waals surface area contributed by atoms with Crippen LogP contribution in [0.4, 0.5) is 0 Å². The topological polar surface area (TPSA) is 78.2 Å². The predicted molar refractivity (Wildman–Crippen MR) is 72.1 cm³/mol. The summed E-state index contributed by atoms with van der Waals surface area (Å²) in [5.41, 5.74) is 1.11. The summed E-state index contributed by atoms with van der Waals surface area (Å²) in [5, 5.41) is 18.1. The van der Waals surface area contributed by atoms with Crippen molar-refractivity contribution >= 4 is 28.7 Å². The quantitative estimate of drug-likeness (QED) is 0.836. The number of aliphatic hydroxyl groups is 1. The lowest BCUT2D eigenvalue weighted by molar-refractivity contribution is -0.116. The van der Waals surface area contributed by atoms with Crippen molar-refractivity contribution in [2.75, 3.05) is 0 Å². The van der Waals surface area contributed by atoms with E-state index in [9.17, 15) is 14.7 Å². The fourth-order valence-corrected chi connectivity index (χ4v) is 2.57. The number of carbonyl (C=O) groups excluding carboxylic acids is 2. The molecule has 2 rings (SSSR count). The number of aliphatic hydroxyl groups excluding tert-OH is 1. The van der Waals surface area contributed by atoms with Crippen LogP contribution in [-0.2, 0) is 9.59 Å². The predicted octanol–water partition coefficient (Wildman–Crippen LogP) is 2.57. The van der Waals surface area contributed by atoms with Crippen molar-refractivity contribution in [3.63, 3.8) is 0 Å². The highest BCUT2D eigenvalue weighted by Crippen LogP contribution is 2.37. The molecule has 0 amide bonds. The zero-order valence-corrected chi connectivity index (χ0v) is 10.8. The molecule has 0 saturated heterocycles. The molecule has 1 aromatic carbocycles. The molecular weight excluding hydrogens is 262 g/mol.